The van der Waals surface area contributed by atoms with E-state index in [4.69, 9.17) is 10.4 Å². The van der Waals surface area contributed by atoms with Gasteiger partial charge < -0.3 is 5.11 Å². The Morgan fingerprint density at radius 3 is 2.73 bits per heavy atom. The third-order valence-corrected chi connectivity index (χ3v) is 2.33. The van der Waals surface area contributed by atoms with Crippen LogP contribution in [0.5, 0.6) is 0 Å². The minimum absolute atomic E-state index is 0.0971. The van der Waals surface area contributed by atoms with Crippen molar-refractivity contribution in [2.24, 2.45) is 5.41 Å². The van der Waals surface area contributed by atoms with Crippen LogP contribution in [0.3, 0.4) is 0 Å². The van der Waals surface area contributed by atoms with Gasteiger partial charge in [0.1, 0.15) is 0 Å². The molecule has 0 aliphatic rings. The van der Waals surface area contributed by atoms with Gasteiger partial charge in [-0.05, 0) is 6.92 Å². The molecule has 0 aliphatic carbocycles. The highest BCUT2D eigenvalue weighted by molar-refractivity contribution is 5.12. The lowest BCUT2D eigenvalue weighted by Gasteiger charge is -2.21. The molecule has 1 rings (SSSR count). The van der Waals surface area contributed by atoms with E-state index < -0.39 is 0 Å². The first-order valence-electron chi connectivity index (χ1n) is 4.87. The van der Waals surface area contributed by atoms with Crippen molar-refractivity contribution in [3.63, 3.8) is 0 Å². The van der Waals surface area contributed by atoms with Crippen LogP contribution in [0.15, 0.2) is 0 Å². The second-order valence-corrected chi connectivity index (χ2v) is 4.44. The van der Waals surface area contributed by atoms with Crippen molar-refractivity contribution in [1.82, 2.24) is 15.0 Å². The minimum Gasteiger partial charge on any atom is -0.396 e. The summed E-state index contributed by atoms with van der Waals surface area (Å²) in [5, 5.41) is 25.6. The largest absolute Gasteiger partial charge is 0.396 e. The summed E-state index contributed by atoms with van der Waals surface area (Å²) in [7, 11) is 0. The molecule has 0 unspecified atom stereocenters. The van der Waals surface area contributed by atoms with Crippen LogP contribution in [0, 0.1) is 23.7 Å². The van der Waals surface area contributed by atoms with E-state index in [0.717, 1.165) is 5.69 Å². The van der Waals surface area contributed by atoms with Crippen LogP contribution in [0.1, 0.15) is 25.2 Å². The Bertz CT molecular complexity index is 375. The van der Waals surface area contributed by atoms with Gasteiger partial charge in [-0.3, -0.25) is 0 Å². The van der Waals surface area contributed by atoms with E-state index >= 15 is 0 Å². The quantitative estimate of drug-likeness (QED) is 0.789. The molecule has 0 amide bonds. The summed E-state index contributed by atoms with van der Waals surface area (Å²) in [4.78, 5) is 0. The van der Waals surface area contributed by atoms with Gasteiger partial charge in [0.05, 0.1) is 30.4 Å². The Balaban J connectivity index is 2.84. The fourth-order valence-electron chi connectivity index (χ4n) is 1.24. The van der Waals surface area contributed by atoms with E-state index in [-0.39, 0.29) is 18.4 Å². The number of hydrogen-bond acceptors (Lipinski definition) is 4. The molecule has 82 valence electrons. The van der Waals surface area contributed by atoms with Crippen LogP contribution in [0.4, 0.5) is 0 Å². The summed E-state index contributed by atoms with van der Waals surface area (Å²) < 4.78 is 1.74. The normalized spacial score (nSPS) is 11.4. The number of aliphatic hydroxyl groups excluding tert-OH is 1. The number of aliphatic hydroxyl groups is 1. The molecule has 0 fully saturated rings. The lowest BCUT2D eigenvalue weighted by Crippen LogP contribution is -2.25. The maximum atomic E-state index is 9.14. The molecule has 1 aromatic rings. The van der Waals surface area contributed by atoms with Gasteiger partial charge >= 0.3 is 0 Å². The highest BCUT2D eigenvalue weighted by atomic mass is 16.3. The predicted molar refractivity (Wildman–Crippen MR) is 54.9 cm³/mol. The summed E-state index contributed by atoms with van der Waals surface area (Å²) in [6, 6.07) is 2.05. The van der Waals surface area contributed by atoms with Gasteiger partial charge in [-0.25, -0.2) is 4.68 Å². The Morgan fingerprint density at radius 2 is 2.20 bits per heavy atom. The molecule has 0 saturated carbocycles. The smallest absolute Gasteiger partial charge is 0.0996 e. The molecule has 0 radical (unpaired) electrons. The Labute approximate surface area is 89.3 Å². The monoisotopic (exact) mass is 208 g/mol. The zero-order valence-corrected chi connectivity index (χ0v) is 9.36. The van der Waals surface area contributed by atoms with Gasteiger partial charge in [-0.15, -0.1) is 5.10 Å². The second-order valence-electron chi connectivity index (χ2n) is 4.44. The molecule has 0 saturated heterocycles. The number of nitriles is 1. The van der Waals surface area contributed by atoms with E-state index in [2.05, 4.69) is 10.3 Å². The Morgan fingerprint density at radius 1 is 1.53 bits per heavy atom. The molecular formula is C10H16N4O. The van der Waals surface area contributed by atoms with Crippen molar-refractivity contribution in [1.29, 1.82) is 5.26 Å². The molecule has 0 spiro atoms. The number of rotatable bonds is 4. The molecule has 15 heavy (non-hydrogen) atoms. The summed E-state index contributed by atoms with van der Waals surface area (Å²) in [6.45, 7) is 6.50. The topological polar surface area (TPSA) is 74.7 Å². The molecular weight excluding hydrogens is 192 g/mol. The van der Waals surface area contributed by atoms with Crippen LogP contribution in [0.2, 0.25) is 0 Å². The average Bonchev–Trinajstić information content (AvgIpc) is 2.50. The van der Waals surface area contributed by atoms with Gasteiger partial charge in [0, 0.05) is 12.0 Å². The van der Waals surface area contributed by atoms with Crippen molar-refractivity contribution in [2.45, 2.75) is 33.7 Å². The zero-order valence-electron chi connectivity index (χ0n) is 9.36. The molecule has 5 heteroatoms. The van der Waals surface area contributed by atoms with E-state index in [9.17, 15) is 0 Å². The minimum atomic E-state index is -0.220. The first kappa shape index (κ1) is 11.7. The molecule has 0 bridgehead atoms. The van der Waals surface area contributed by atoms with E-state index in [1.165, 1.54) is 0 Å². The number of nitrogens with zero attached hydrogens (tertiary/aromatic N) is 4. The van der Waals surface area contributed by atoms with Gasteiger partial charge in [0.2, 0.25) is 0 Å². The van der Waals surface area contributed by atoms with Gasteiger partial charge in [-0.1, -0.05) is 19.1 Å². The second kappa shape index (κ2) is 4.41. The lowest BCUT2D eigenvalue weighted by molar-refractivity contribution is 0.135. The van der Waals surface area contributed by atoms with Crippen molar-refractivity contribution in [2.75, 3.05) is 6.61 Å². The van der Waals surface area contributed by atoms with Gasteiger partial charge in [0.25, 0.3) is 0 Å². The van der Waals surface area contributed by atoms with Gasteiger partial charge in [0.15, 0.2) is 0 Å². The average molecular weight is 208 g/mol. The van der Waals surface area contributed by atoms with E-state index in [1.54, 1.807) is 4.68 Å². The third kappa shape index (κ3) is 2.77. The maximum Gasteiger partial charge on any atom is 0.0996 e. The van der Waals surface area contributed by atoms with Crippen LogP contribution in [0.25, 0.3) is 0 Å². The third-order valence-electron chi connectivity index (χ3n) is 2.33. The van der Waals surface area contributed by atoms with Crippen LogP contribution in [-0.4, -0.2) is 26.7 Å². The fourth-order valence-corrected chi connectivity index (χ4v) is 1.24. The van der Waals surface area contributed by atoms with Crippen LogP contribution >= 0.6 is 0 Å². The molecule has 1 heterocycles. The summed E-state index contributed by atoms with van der Waals surface area (Å²) in [5.74, 6) is 0. The van der Waals surface area contributed by atoms with Crippen LogP contribution in [-0.2, 0) is 13.0 Å². The fraction of sp³-hybridized carbons (Fsp3) is 0.700. The molecule has 0 atom stereocenters. The van der Waals surface area contributed by atoms with Crippen molar-refractivity contribution >= 4 is 0 Å². The maximum absolute atomic E-state index is 9.14. The highest BCUT2D eigenvalue weighted by Crippen LogP contribution is 2.18. The van der Waals surface area contributed by atoms with Crippen molar-refractivity contribution in [3.8, 4) is 6.07 Å². The summed E-state index contributed by atoms with van der Waals surface area (Å²) in [6.07, 6.45) is 0.283. The van der Waals surface area contributed by atoms with Crippen LogP contribution < -0.4 is 0 Å². The molecule has 1 N–H and O–H groups in total. The summed E-state index contributed by atoms with van der Waals surface area (Å²) >= 11 is 0. The lowest BCUT2D eigenvalue weighted by atomic mass is 9.95. The molecule has 1 aromatic heterocycles. The molecule has 5 nitrogen and oxygen atoms in total. The highest BCUT2D eigenvalue weighted by Gasteiger charge is 2.20. The van der Waals surface area contributed by atoms with Crippen molar-refractivity contribution in [3.05, 3.63) is 11.4 Å². The molecule has 0 aliphatic heterocycles. The first-order valence-corrected chi connectivity index (χ1v) is 4.87. The Hall–Kier alpha value is -1.41. The molecule has 0 aromatic carbocycles. The first-order chi connectivity index (χ1) is 7.00. The Kier molecular flexibility index (Phi) is 3.43. The SMILES string of the molecule is Cc1c(CC#N)nnn1CC(C)(C)CO. The standard InChI is InChI=1S/C10H16N4O/c1-8-9(4-5-11)12-13-14(8)6-10(2,3)7-15/h15H,4,6-7H2,1-3H3. The van der Waals surface area contributed by atoms with Gasteiger partial charge in [-0.2, -0.15) is 5.26 Å². The zero-order chi connectivity index (χ0) is 11.5. The number of hydrogen-bond donors (Lipinski definition) is 1. The number of aromatic nitrogens is 3. The van der Waals surface area contributed by atoms with E-state index in [1.807, 2.05) is 26.8 Å². The van der Waals surface area contributed by atoms with E-state index in [0.29, 0.717) is 12.2 Å². The van der Waals surface area contributed by atoms with Crippen molar-refractivity contribution < 1.29 is 5.11 Å². The predicted octanol–water partition coefficient (Wildman–Crippen LogP) is 0.671. The summed E-state index contributed by atoms with van der Waals surface area (Å²) in [5.41, 5.74) is 1.40.